The Morgan fingerprint density at radius 2 is 1.69 bits per heavy atom. The number of carbonyl (C=O) groups excluding carboxylic acids is 1. The first-order valence-electron chi connectivity index (χ1n) is 8.89. The number of hydrogen-bond donors (Lipinski definition) is 1. The van der Waals surface area contributed by atoms with Gasteiger partial charge in [0.2, 0.25) is 0 Å². The molecule has 1 aliphatic heterocycles. The first-order valence-corrected chi connectivity index (χ1v) is 8.89. The molecule has 3 rings (SSSR count). The molecule has 0 bridgehead atoms. The maximum absolute atomic E-state index is 12.3. The number of ether oxygens (including phenoxy) is 3. The Labute approximate surface area is 154 Å². The Kier molecular flexibility index (Phi) is 6.12. The first-order chi connectivity index (χ1) is 12.7. The number of nitrogens with one attached hydrogen (secondary N) is 1. The topological polar surface area (TPSA) is 56.8 Å². The summed E-state index contributed by atoms with van der Waals surface area (Å²) in [4.78, 5) is 12.3. The van der Waals surface area contributed by atoms with E-state index in [4.69, 9.17) is 14.2 Å². The van der Waals surface area contributed by atoms with Crippen molar-refractivity contribution in [1.29, 1.82) is 0 Å². The van der Waals surface area contributed by atoms with Crippen LogP contribution in [-0.2, 0) is 14.9 Å². The summed E-state index contributed by atoms with van der Waals surface area (Å²) in [5.41, 5.74) is 1.18. The zero-order valence-corrected chi connectivity index (χ0v) is 15.1. The van der Waals surface area contributed by atoms with Crippen molar-refractivity contribution in [2.75, 3.05) is 33.5 Å². The molecule has 2 aromatic carbocycles. The Hall–Kier alpha value is -2.53. The van der Waals surface area contributed by atoms with E-state index in [0.717, 1.165) is 18.6 Å². The molecular formula is C21H25NO4. The molecule has 0 saturated carbocycles. The van der Waals surface area contributed by atoms with E-state index in [1.807, 2.05) is 18.2 Å². The molecule has 0 aliphatic carbocycles. The van der Waals surface area contributed by atoms with Gasteiger partial charge in [0, 0.05) is 25.2 Å². The number of rotatable bonds is 7. The highest BCUT2D eigenvalue weighted by Crippen LogP contribution is 2.34. The molecule has 138 valence electrons. The quantitative estimate of drug-likeness (QED) is 0.830. The molecule has 5 nitrogen and oxygen atoms in total. The highest BCUT2D eigenvalue weighted by molar-refractivity contribution is 5.77. The van der Waals surface area contributed by atoms with E-state index in [1.54, 1.807) is 31.4 Å². The van der Waals surface area contributed by atoms with Crippen molar-refractivity contribution in [3.63, 3.8) is 0 Å². The molecule has 1 amide bonds. The van der Waals surface area contributed by atoms with Crippen LogP contribution in [0, 0.1) is 0 Å². The van der Waals surface area contributed by atoms with Gasteiger partial charge in [-0.2, -0.15) is 0 Å². The Bertz CT molecular complexity index is 694. The minimum atomic E-state index is -0.123. The van der Waals surface area contributed by atoms with Crippen LogP contribution in [0.1, 0.15) is 18.4 Å². The summed E-state index contributed by atoms with van der Waals surface area (Å²) in [5, 5.41) is 3.04. The van der Waals surface area contributed by atoms with Gasteiger partial charge in [-0.15, -0.1) is 0 Å². The summed E-state index contributed by atoms with van der Waals surface area (Å²) in [5.74, 6) is 1.28. The zero-order chi connectivity index (χ0) is 18.2. The van der Waals surface area contributed by atoms with E-state index >= 15 is 0 Å². The van der Waals surface area contributed by atoms with Crippen LogP contribution >= 0.6 is 0 Å². The third kappa shape index (κ3) is 4.55. The molecule has 1 saturated heterocycles. The Morgan fingerprint density at radius 3 is 2.35 bits per heavy atom. The Morgan fingerprint density at radius 1 is 1.04 bits per heavy atom. The van der Waals surface area contributed by atoms with Crippen LogP contribution in [0.5, 0.6) is 11.5 Å². The number of methoxy groups -OCH3 is 1. The number of benzene rings is 2. The largest absolute Gasteiger partial charge is 0.497 e. The van der Waals surface area contributed by atoms with Crippen LogP contribution in [0.4, 0.5) is 0 Å². The number of amides is 1. The number of carbonyl (C=O) groups is 1. The fraction of sp³-hybridized carbons (Fsp3) is 0.381. The van der Waals surface area contributed by atoms with Gasteiger partial charge in [0.15, 0.2) is 6.61 Å². The lowest BCUT2D eigenvalue weighted by molar-refractivity contribution is -0.123. The second-order valence-corrected chi connectivity index (χ2v) is 6.50. The first kappa shape index (κ1) is 18.3. The van der Waals surface area contributed by atoms with Gasteiger partial charge in [0.05, 0.1) is 7.11 Å². The monoisotopic (exact) mass is 355 g/mol. The summed E-state index contributed by atoms with van der Waals surface area (Å²) in [6.07, 6.45) is 1.80. The molecule has 0 atom stereocenters. The molecule has 0 spiro atoms. The molecule has 2 aromatic rings. The Balaban J connectivity index is 1.55. The smallest absolute Gasteiger partial charge is 0.257 e. The average Bonchev–Trinajstić information content (AvgIpc) is 2.72. The van der Waals surface area contributed by atoms with Crippen LogP contribution in [0.25, 0.3) is 0 Å². The lowest BCUT2D eigenvalue weighted by Crippen LogP contribution is -2.45. The van der Waals surface area contributed by atoms with E-state index in [2.05, 4.69) is 17.4 Å². The summed E-state index contributed by atoms with van der Waals surface area (Å²) < 4.78 is 16.2. The van der Waals surface area contributed by atoms with Gasteiger partial charge in [-0.3, -0.25) is 4.79 Å². The summed E-state index contributed by atoms with van der Waals surface area (Å²) in [7, 11) is 1.61. The maximum atomic E-state index is 12.3. The maximum Gasteiger partial charge on any atom is 0.257 e. The summed E-state index contributed by atoms with van der Waals surface area (Å²) in [6, 6.07) is 17.5. The van der Waals surface area contributed by atoms with Crippen molar-refractivity contribution in [2.24, 2.45) is 0 Å². The molecule has 1 heterocycles. The van der Waals surface area contributed by atoms with E-state index in [-0.39, 0.29) is 17.9 Å². The predicted molar refractivity (Wildman–Crippen MR) is 99.7 cm³/mol. The van der Waals surface area contributed by atoms with Crippen molar-refractivity contribution >= 4 is 5.91 Å². The number of hydrogen-bond acceptors (Lipinski definition) is 4. The van der Waals surface area contributed by atoms with Crippen LogP contribution in [0.2, 0.25) is 0 Å². The second kappa shape index (κ2) is 8.72. The second-order valence-electron chi connectivity index (χ2n) is 6.50. The van der Waals surface area contributed by atoms with Crippen molar-refractivity contribution in [2.45, 2.75) is 18.3 Å². The zero-order valence-electron chi connectivity index (χ0n) is 15.1. The molecular weight excluding hydrogens is 330 g/mol. The van der Waals surface area contributed by atoms with Crippen molar-refractivity contribution in [1.82, 2.24) is 5.32 Å². The van der Waals surface area contributed by atoms with E-state index in [0.29, 0.717) is 25.5 Å². The van der Waals surface area contributed by atoms with Gasteiger partial charge >= 0.3 is 0 Å². The van der Waals surface area contributed by atoms with Gasteiger partial charge in [0.1, 0.15) is 11.5 Å². The fourth-order valence-electron chi connectivity index (χ4n) is 3.26. The third-order valence-electron chi connectivity index (χ3n) is 4.89. The lowest BCUT2D eigenvalue weighted by Gasteiger charge is -2.38. The van der Waals surface area contributed by atoms with Crippen LogP contribution in [-0.4, -0.2) is 39.4 Å². The molecule has 0 aromatic heterocycles. The van der Waals surface area contributed by atoms with Gasteiger partial charge in [-0.05, 0) is 42.7 Å². The molecule has 26 heavy (non-hydrogen) atoms. The highest BCUT2D eigenvalue weighted by Gasteiger charge is 2.34. The molecule has 1 N–H and O–H groups in total. The van der Waals surface area contributed by atoms with Gasteiger partial charge in [-0.25, -0.2) is 0 Å². The third-order valence-corrected chi connectivity index (χ3v) is 4.89. The van der Waals surface area contributed by atoms with Crippen molar-refractivity contribution in [3.8, 4) is 11.5 Å². The van der Waals surface area contributed by atoms with Crippen LogP contribution in [0.3, 0.4) is 0 Å². The van der Waals surface area contributed by atoms with Crippen molar-refractivity contribution < 1.29 is 19.0 Å². The predicted octanol–water partition coefficient (Wildman–Crippen LogP) is 2.94. The molecule has 0 radical (unpaired) electrons. The fourth-order valence-corrected chi connectivity index (χ4v) is 3.26. The highest BCUT2D eigenvalue weighted by atomic mass is 16.5. The molecule has 1 aliphatic rings. The molecule has 1 fully saturated rings. The van der Waals surface area contributed by atoms with Crippen LogP contribution in [0.15, 0.2) is 54.6 Å². The SMILES string of the molecule is COc1ccc(OCC(=O)NCC2(c3ccccc3)CCOCC2)cc1. The van der Waals surface area contributed by atoms with Gasteiger partial charge < -0.3 is 19.5 Å². The van der Waals surface area contributed by atoms with Crippen molar-refractivity contribution in [3.05, 3.63) is 60.2 Å². The minimum Gasteiger partial charge on any atom is -0.497 e. The minimum absolute atomic E-state index is 0.00625. The van der Waals surface area contributed by atoms with Gasteiger partial charge in [0.25, 0.3) is 5.91 Å². The lowest BCUT2D eigenvalue weighted by atomic mass is 9.74. The van der Waals surface area contributed by atoms with E-state index < -0.39 is 0 Å². The van der Waals surface area contributed by atoms with Gasteiger partial charge in [-0.1, -0.05) is 30.3 Å². The average molecular weight is 355 g/mol. The van der Waals surface area contributed by atoms with Crippen LogP contribution < -0.4 is 14.8 Å². The molecule has 0 unspecified atom stereocenters. The summed E-state index contributed by atoms with van der Waals surface area (Å²) in [6.45, 7) is 2.01. The summed E-state index contributed by atoms with van der Waals surface area (Å²) >= 11 is 0. The standard InChI is InChI=1S/C21H25NO4/c1-24-18-7-9-19(10-8-18)26-15-20(23)22-16-21(11-13-25-14-12-21)17-5-3-2-4-6-17/h2-10H,11-16H2,1H3,(H,22,23). The van der Waals surface area contributed by atoms with E-state index in [9.17, 15) is 4.79 Å². The molecule has 5 heteroatoms. The normalized spacial score (nSPS) is 15.9. The van der Waals surface area contributed by atoms with E-state index in [1.165, 1.54) is 5.56 Å².